The minimum atomic E-state index is -0.401. The normalized spacial score (nSPS) is 10.8. The summed E-state index contributed by atoms with van der Waals surface area (Å²) in [5.41, 5.74) is 4.25. The van der Waals surface area contributed by atoms with Gasteiger partial charge in [0.25, 0.3) is 5.69 Å². The summed E-state index contributed by atoms with van der Waals surface area (Å²) < 4.78 is 0. The lowest BCUT2D eigenvalue weighted by Gasteiger charge is -2.04. The molecule has 2 aromatic heterocycles. The van der Waals surface area contributed by atoms with Crippen LogP contribution in [0.25, 0.3) is 33.3 Å². The van der Waals surface area contributed by atoms with E-state index in [-0.39, 0.29) is 5.69 Å². The zero-order valence-electron chi connectivity index (χ0n) is 12.6. The Hall–Kier alpha value is -3.47. The van der Waals surface area contributed by atoms with Gasteiger partial charge in [-0.3, -0.25) is 10.1 Å². The molecule has 2 heterocycles. The van der Waals surface area contributed by atoms with Crippen molar-refractivity contribution in [2.75, 3.05) is 0 Å². The Morgan fingerprint density at radius 3 is 2.58 bits per heavy atom. The molecular weight excluding hydrogens is 302 g/mol. The number of hydrogen-bond donors (Lipinski definition) is 1. The Morgan fingerprint density at radius 1 is 0.958 bits per heavy atom. The Kier molecular flexibility index (Phi) is 3.31. The van der Waals surface area contributed by atoms with Crippen LogP contribution < -0.4 is 0 Å². The predicted octanol–water partition coefficient (Wildman–Crippen LogP) is 4.81. The van der Waals surface area contributed by atoms with Gasteiger partial charge in [0.2, 0.25) is 0 Å². The molecule has 5 nitrogen and oxygen atoms in total. The van der Waals surface area contributed by atoms with E-state index in [1.54, 1.807) is 12.3 Å². The largest absolute Gasteiger partial charge is 0.361 e. The van der Waals surface area contributed by atoms with Crippen molar-refractivity contribution in [1.82, 2.24) is 9.97 Å². The summed E-state index contributed by atoms with van der Waals surface area (Å²) >= 11 is 0. The first kappa shape index (κ1) is 14.1. The van der Waals surface area contributed by atoms with Gasteiger partial charge in [0.1, 0.15) is 5.69 Å². The minimum absolute atomic E-state index is 0.00801. The van der Waals surface area contributed by atoms with Crippen molar-refractivity contribution in [2.45, 2.75) is 0 Å². The van der Waals surface area contributed by atoms with Gasteiger partial charge in [-0.2, -0.15) is 0 Å². The van der Waals surface area contributed by atoms with Crippen molar-refractivity contribution in [3.63, 3.8) is 0 Å². The summed E-state index contributed by atoms with van der Waals surface area (Å²) in [5.74, 6) is 0. The fourth-order valence-electron chi connectivity index (χ4n) is 2.89. The topological polar surface area (TPSA) is 71.8 Å². The molecule has 0 unspecified atom stereocenters. The van der Waals surface area contributed by atoms with Crippen molar-refractivity contribution in [1.29, 1.82) is 0 Å². The lowest BCUT2D eigenvalue weighted by atomic mass is 10.0. The first-order valence-electron chi connectivity index (χ1n) is 7.50. The fourth-order valence-corrected chi connectivity index (χ4v) is 2.89. The quantitative estimate of drug-likeness (QED) is 0.436. The van der Waals surface area contributed by atoms with Crippen molar-refractivity contribution in [2.24, 2.45) is 0 Å². The highest BCUT2D eigenvalue weighted by molar-refractivity contribution is 5.98. The Balaban J connectivity index is 1.92. The Morgan fingerprint density at radius 2 is 1.79 bits per heavy atom. The summed E-state index contributed by atoms with van der Waals surface area (Å²) in [4.78, 5) is 18.3. The van der Waals surface area contributed by atoms with E-state index in [4.69, 9.17) is 0 Å². The number of rotatable bonds is 3. The van der Waals surface area contributed by atoms with E-state index in [2.05, 4.69) is 9.97 Å². The third kappa shape index (κ3) is 2.32. The molecule has 0 atom stereocenters. The molecule has 0 aliphatic rings. The van der Waals surface area contributed by atoms with E-state index >= 15 is 0 Å². The smallest absolute Gasteiger partial charge is 0.295 e. The maximum atomic E-state index is 11.3. The van der Waals surface area contributed by atoms with E-state index < -0.39 is 4.92 Å². The van der Waals surface area contributed by atoms with Gasteiger partial charge >= 0.3 is 0 Å². The highest BCUT2D eigenvalue weighted by atomic mass is 16.6. The number of aromatic amines is 1. The molecule has 0 amide bonds. The van der Waals surface area contributed by atoms with Gasteiger partial charge in [-0.05, 0) is 23.8 Å². The number of hydrogen-bond acceptors (Lipinski definition) is 3. The summed E-state index contributed by atoms with van der Waals surface area (Å²) in [6, 6.07) is 18.8. The fraction of sp³-hybridized carbons (Fsp3) is 0. The van der Waals surface area contributed by atoms with Crippen molar-refractivity contribution >= 4 is 16.6 Å². The zero-order chi connectivity index (χ0) is 16.5. The lowest BCUT2D eigenvalue weighted by molar-refractivity contribution is -0.384. The molecular formula is C19H13N3O2. The molecule has 0 radical (unpaired) electrons. The third-order valence-corrected chi connectivity index (χ3v) is 4.02. The van der Waals surface area contributed by atoms with E-state index in [0.717, 1.165) is 27.6 Å². The van der Waals surface area contributed by atoms with Gasteiger partial charge in [0.05, 0.1) is 4.92 Å². The van der Waals surface area contributed by atoms with Crippen LogP contribution >= 0.6 is 0 Å². The van der Waals surface area contributed by atoms with Gasteiger partial charge in [0, 0.05) is 40.5 Å². The summed E-state index contributed by atoms with van der Waals surface area (Å²) in [6.45, 7) is 0. The first-order chi connectivity index (χ1) is 11.7. The minimum Gasteiger partial charge on any atom is -0.361 e. The molecule has 0 fully saturated rings. The van der Waals surface area contributed by atoms with Crippen LogP contribution in [0.5, 0.6) is 0 Å². The van der Waals surface area contributed by atoms with Gasteiger partial charge in [-0.15, -0.1) is 0 Å². The molecule has 4 rings (SSSR count). The van der Waals surface area contributed by atoms with Crippen molar-refractivity contribution < 1.29 is 4.92 Å². The standard InChI is InChI=1S/C19H13N3O2/c23-22(24)18-7-4-10-20-19(18)14-8-9-17-15(11-14)16(12-21-17)13-5-2-1-3-6-13/h1-12,21H. The molecule has 4 aromatic rings. The third-order valence-electron chi connectivity index (χ3n) is 4.02. The Labute approximate surface area is 137 Å². The molecule has 0 bridgehead atoms. The number of nitrogens with zero attached hydrogens (tertiary/aromatic N) is 2. The van der Waals surface area contributed by atoms with Gasteiger partial charge in [0.15, 0.2) is 0 Å². The average molecular weight is 315 g/mol. The van der Waals surface area contributed by atoms with Crippen LogP contribution in [0.15, 0.2) is 73.1 Å². The van der Waals surface area contributed by atoms with Gasteiger partial charge in [-0.1, -0.05) is 36.4 Å². The first-order valence-corrected chi connectivity index (χ1v) is 7.50. The van der Waals surface area contributed by atoms with E-state index in [9.17, 15) is 10.1 Å². The second-order valence-electron chi connectivity index (χ2n) is 5.46. The van der Waals surface area contributed by atoms with Crippen LogP contribution in [0.3, 0.4) is 0 Å². The maximum Gasteiger partial charge on any atom is 0.295 e. The number of pyridine rings is 1. The molecule has 0 aliphatic heterocycles. The summed E-state index contributed by atoms with van der Waals surface area (Å²) in [7, 11) is 0. The molecule has 0 spiro atoms. The van der Waals surface area contributed by atoms with Crippen molar-refractivity contribution in [3.8, 4) is 22.4 Å². The van der Waals surface area contributed by atoms with E-state index in [1.807, 2.05) is 54.7 Å². The van der Waals surface area contributed by atoms with Crippen LogP contribution in [0.1, 0.15) is 0 Å². The van der Waals surface area contributed by atoms with Crippen LogP contribution in [0, 0.1) is 10.1 Å². The van der Waals surface area contributed by atoms with E-state index in [0.29, 0.717) is 5.69 Å². The number of fused-ring (bicyclic) bond motifs is 1. The molecule has 0 saturated heterocycles. The second kappa shape index (κ2) is 5.62. The molecule has 5 heteroatoms. The molecule has 0 aliphatic carbocycles. The molecule has 24 heavy (non-hydrogen) atoms. The number of benzene rings is 2. The lowest BCUT2D eigenvalue weighted by Crippen LogP contribution is -1.94. The number of aromatic nitrogens is 2. The van der Waals surface area contributed by atoms with E-state index in [1.165, 1.54) is 6.07 Å². The molecule has 116 valence electrons. The highest BCUT2D eigenvalue weighted by Crippen LogP contribution is 2.34. The van der Waals surface area contributed by atoms with Gasteiger partial charge in [-0.25, -0.2) is 4.98 Å². The molecule has 2 aromatic carbocycles. The SMILES string of the molecule is O=[N+]([O-])c1cccnc1-c1ccc2[nH]cc(-c3ccccc3)c2c1. The van der Waals surface area contributed by atoms with Crippen LogP contribution in [-0.2, 0) is 0 Å². The predicted molar refractivity (Wildman–Crippen MR) is 93.6 cm³/mol. The second-order valence-corrected chi connectivity index (χ2v) is 5.46. The summed E-state index contributed by atoms with van der Waals surface area (Å²) in [5, 5.41) is 12.3. The van der Waals surface area contributed by atoms with Gasteiger partial charge < -0.3 is 4.98 Å². The zero-order valence-corrected chi connectivity index (χ0v) is 12.6. The molecule has 1 N–H and O–H groups in total. The van der Waals surface area contributed by atoms with Crippen LogP contribution in [0.4, 0.5) is 5.69 Å². The van der Waals surface area contributed by atoms with Crippen molar-refractivity contribution in [3.05, 3.63) is 83.2 Å². The maximum absolute atomic E-state index is 11.3. The highest BCUT2D eigenvalue weighted by Gasteiger charge is 2.17. The summed E-state index contributed by atoms with van der Waals surface area (Å²) in [6.07, 6.45) is 3.53. The number of nitro groups is 1. The number of H-pyrrole nitrogens is 1. The average Bonchev–Trinajstić information content (AvgIpc) is 3.05. The molecule has 0 saturated carbocycles. The Bertz CT molecular complexity index is 1040. The van der Waals surface area contributed by atoms with Crippen LogP contribution in [-0.4, -0.2) is 14.9 Å². The van der Waals surface area contributed by atoms with Crippen LogP contribution in [0.2, 0.25) is 0 Å². The number of nitrogens with one attached hydrogen (secondary N) is 1. The monoisotopic (exact) mass is 315 g/mol.